The maximum absolute atomic E-state index is 14.6. The molecule has 2 aromatic rings. The molecule has 0 bridgehead atoms. The summed E-state index contributed by atoms with van der Waals surface area (Å²) < 4.78 is 45.1. The molecule has 1 amide bonds. The molecule has 1 aliphatic rings. The zero-order valence-corrected chi connectivity index (χ0v) is 16.8. The summed E-state index contributed by atoms with van der Waals surface area (Å²) in [6.45, 7) is 1.47. The number of nitrogens with zero attached hydrogens (tertiary/aromatic N) is 3. The quantitative estimate of drug-likeness (QED) is 0.766. The predicted octanol–water partition coefficient (Wildman–Crippen LogP) is 1.29. The number of hydrogen-bond acceptors (Lipinski definition) is 7. The summed E-state index contributed by atoms with van der Waals surface area (Å²) in [6, 6.07) is 6.90. The summed E-state index contributed by atoms with van der Waals surface area (Å²) in [6.07, 6.45) is 1.40. The first kappa shape index (κ1) is 20.5. The number of methoxy groups -OCH3 is 1. The molecule has 1 aliphatic heterocycles. The van der Waals surface area contributed by atoms with Crippen molar-refractivity contribution in [3.05, 3.63) is 53.6 Å². The van der Waals surface area contributed by atoms with Gasteiger partial charge in [0.25, 0.3) is 5.91 Å². The normalized spacial score (nSPS) is 20.7. The first-order chi connectivity index (χ1) is 13.6. The van der Waals surface area contributed by atoms with Crippen LogP contribution in [0, 0.1) is 5.82 Å². The smallest absolute Gasteiger partial charge is 0.274 e. The lowest BCUT2D eigenvalue weighted by Crippen LogP contribution is -2.50. The van der Waals surface area contributed by atoms with Crippen LogP contribution in [0.25, 0.3) is 0 Å². The van der Waals surface area contributed by atoms with E-state index in [-0.39, 0.29) is 22.9 Å². The van der Waals surface area contributed by atoms with Crippen LogP contribution in [-0.4, -0.2) is 49.5 Å². The van der Waals surface area contributed by atoms with Gasteiger partial charge in [0.05, 0.1) is 19.1 Å². The van der Waals surface area contributed by atoms with E-state index in [1.165, 1.54) is 45.5 Å². The van der Waals surface area contributed by atoms with Crippen molar-refractivity contribution in [2.75, 3.05) is 25.2 Å². The number of amides is 1. The van der Waals surface area contributed by atoms with Crippen LogP contribution in [0.3, 0.4) is 0 Å². The maximum atomic E-state index is 14.6. The molecule has 0 saturated carbocycles. The van der Waals surface area contributed by atoms with Crippen molar-refractivity contribution in [2.45, 2.75) is 12.5 Å². The number of aromatic nitrogens is 1. The highest BCUT2D eigenvalue weighted by Crippen LogP contribution is 2.34. The molecule has 154 valence electrons. The number of carbonyl (C=O) groups excluding carboxylic acids is 1. The number of sulfonamides is 1. The van der Waals surface area contributed by atoms with Crippen molar-refractivity contribution < 1.29 is 22.3 Å². The SMILES string of the molecule is COc1ccc(C(=O)Nc2ccc(F)c(C3(C)CS(=O)(=O)N(C)C(N)=N3)c2)nc1. The molecule has 0 radical (unpaired) electrons. The Kier molecular flexibility index (Phi) is 5.18. The van der Waals surface area contributed by atoms with Gasteiger partial charge < -0.3 is 15.8 Å². The molecule has 0 spiro atoms. The van der Waals surface area contributed by atoms with Gasteiger partial charge in [-0.05, 0) is 37.3 Å². The maximum Gasteiger partial charge on any atom is 0.274 e. The Balaban J connectivity index is 1.93. The summed E-state index contributed by atoms with van der Waals surface area (Å²) in [5, 5.41) is 2.61. The molecular weight excluding hydrogens is 401 g/mol. The Hall–Kier alpha value is -3.21. The molecule has 0 saturated heterocycles. The summed E-state index contributed by atoms with van der Waals surface area (Å²) in [7, 11) is -1.00. The molecule has 2 heterocycles. The first-order valence-corrected chi connectivity index (χ1v) is 10.1. The number of halogens is 1. The molecular formula is C18H20FN5O4S. The highest BCUT2D eigenvalue weighted by Gasteiger charge is 2.41. The fourth-order valence-corrected chi connectivity index (χ4v) is 4.38. The topological polar surface area (TPSA) is 127 Å². The van der Waals surface area contributed by atoms with E-state index in [1.54, 1.807) is 6.07 Å². The lowest BCUT2D eigenvalue weighted by molar-refractivity contribution is 0.102. The van der Waals surface area contributed by atoms with Crippen LogP contribution in [0.2, 0.25) is 0 Å². The standard InChI is InChI=1S/C18H20FN5O4S/c1-18(10-29(26,27)24(2)17(20)23-18)13-8-11(4-6-14(13)19)22-16(25)15-7-5-12(28-3)9-21-15/h4-9H,10H2,1-3H3,(H2,20,23)(H,22,25). The van der Waals surface area contributed by atoms with Crippen molar-refractivity contribution in [3.8, 4) is 5.75 Å². The van der Waals surface area contributed by atoms with Crippen LogP contribution in [-0.2, 0) is 15.6 Å². The van der Waals surface area contributed by atoms with Crippen LogP contribution in [0.5, 0.6) is 5.75 Å². The highest BCUT2D eigenvalue weighted by molar-refractivity contribution is 7.89. The largest absolute Gasteiger partial charge is 0.495 e. The average Bonchev–Trinajstić information content (AvgIpc) is 2.67. The summed E-state index contributed by atoms with van der Waals surface area (Å²) in [4.78, 5) is 20.6. The minimum absolute atomic E-state index is 0.00221. The number of benzene rings is 1. The number of nitrogens with one attached hydrogen (secondary N) is 1. The van der Waals surface area contributed by atoms with Gasteiger partial charge in [-0.15, -0.1) is 0 Å². The van der Waals surface area contributed by atoms with Crippen LogP contribution in [0.15, 0.2) is 41.5 Å². The lowest BCUT2D eigenvalue weighted by Gasteiger charge is -2.34. The Morgan fingerprint density at radius 3 is 2.66 bits per heavy atom. The fourth-order valence-electron chi connectivity index (χ4n) is 2.93. The molecule has 0 fully saturated rings. The van der Waals surface area contributed by atoms with Gasteiger partial charge in [0.2, 0.25) is 16.0 Å². The van der Waals surface area contributed by atoms with Gasteiger partial charge in [0.1, 0.15) is 22.8 Å². The van der Waals surface area contributed by atoms with Crippen molar-refractivity contribution in [2.24, 2.45) is 10.7 Å². The second kappa shape index (κ2) is 7.32. The van der Waals surface area contributed by atoms with Gasteiger partial charge in [0.15, 0.2) is 0 Å². The number of hydrogen-bond donors (Lipinski definition) is 2. The zero-order chi connectivity index (χ0) is 21.4. The van der Waals surface area contributed by atoms with Gasteiger partial charge in [-0.1, -0.05) is 0 Å². The monoisotopic (exact) mass is 421 g/mol. The molecule has 29 heavy (non-hydrogen) atoms. The van der Waals surface area contributed by atoms with Gasteiger partial charge in [-0.3, -0.25) is 4.79 Å². The van der Waals surface area contributed by atoms with E-state index < -0.39 is 33.0 Å². The number of anilines is 1. The molecule has 1 unspecified atom stereocenters. The minimum Gasteiger partial charge on any atom is -0.495 e. The molecule has 9 nitrogen and oxygen atoms in total. The Labute approximate surface area is 167 Å². The zero-order valence-electron chi connectivity index (χ0n) is 16.0. The van der Waals surface area contributed by atoms with Crippen LogP contribution in [0.4, 0.5) is 10.1 Å². The van der Waals surface area contributed by atoms with E-state index >= 15 is 0 Å². The third-order valence-corrected chi connectivity index (χ3v) is 6.52. The lowest BCUT2D eigenvalue weighted by atomic mass is 9.93. The van der Waals surface area contributed by atoms with Crippen molar-refractivity contribution in [1.82, 2.24) is 9.29 Å². The number of guanidine groups is 1. The molecule has 1 aromatic carbocycles. The molecule has 11 heteroatoms. The average molecular weight is 421 g/mol. The van der Waals surface area contributed by atoms with Gasteiger partial charge in [0, 0.05) is 18.3 Å². The van der Waals surface area contributed by atoms with Crippen LogP contribution in [0.1, 0.15) is 23.0 Å². The highest BCUT2D eigenvalue weighted by atomic mass is 32.2. The molecule has 1 aromatic heterocycles. The van der Waals surface area contributed by atoms with Crippen molar-refractivity contribution >= 4 is 27.6 Å². The van der Waals surface area contributed by atoms with Gasteiger partial charge >= 0.3 is 0 Å². The van der Waals surface area contributed by atoms with E-state index in [1.807, 2.05) is 0 Å². The molecule has 1 atom stereocenters. The van der Waals surface area contributed by atoms with Gasteiger partial charge in [-0.2, -0.15) is 0 Å². The third-order valence-electron chi connectivity index (χ3n) is 4.57. The van der Waals surface area contributed by atoms with E-state index in [4.69, 9.17) is 10.5 Å². The van der Waals surface area contributed by atoms with Crippen LogP contribution < -0.4 is 15.8 Å². The van der Waals surface area contributed by atoms with E-state index in [0.717, 1.165) is 10.4 Å². The number of rotatable bonds is 4. The second-order valence-electron chi connectivity index (χ2n) is 6.70. The van der Waals surface area contributed by atoms with E-state index in [0.29, 0.717) is 5.75 Å². The first-order valence-electron chi connectivity index (χ1n) is 8.49. The second-order valence-corrected chi connectivity index (χ2v) is 8.70. The van der Waals surface area contributed by atoms with Crippen LogP contribution >= 0.6 is 0 Å². The fraction of sp³-hybridized carbons (Fsp3) is 0.278. The van der Waals surface area contributed by atoms with Crippen molar-refractivity contribution in [3.63, 3.8) is 0 Å². The number of aliphatic imine (C=N–C) groups is 1. The number of carbonyl (C=O) groups is 1. The summed E-state index contributed by atoms with van der Waals surface area (Å²) in [5.74, 6) is -1.39. The summed E-state index contributed by atoms with van der Waals surface area (Å²) in [5.41, 5.74) is 4.66. The van der Waals surface area contributed by atoms with E-state index in [2.05, 4.69) is 15.3 Å². The predicted molar refractivity (Wildman–Crippen MR) is 106 cm³/mol. The summed E-state index contributed by atoms with van der Waals surface area (Å²) >= 11 is 0. The molecule has 3 rings (SSSR count). The minimum atomic E-state index is -3.77. The van der Waals surface area contributed by atoms with Crippen molar-refractivity contribution in [1.29, 1.82) is 0 Å². The van der Waals surface area contributed by atoms with E-state index in [9.17, 15) is 17.6 Å². The number of nitrogens with two attached hydrogens (primary N) is 1. The number of pyridine rings is 1. The molecule has 0 aliphatic carbocycles. The number of ether oxygens (including phenoxy) is 1. The Bertz CT molecular complexity index is 1090. The molecule has 3 N–H and O–H groups in total. The van der Waals surface area contributed by atoms with Gasteiger partial charge in [-0.25, -0.2) is 27.1 Å². The third kappa shape index (κ3) is 3.99. The Morgan fingerprint density at radius 1 is 1.34 bits per heavy atom. The Morgan fingerprint density at radius 2 is 2.07 bits per heavy atom.